The Balaban J connectivity index is 1.72. The summed E-state index contributed by atoms with van der Waals surface area (Å²) < 4.78 is 7.09. The minimum Gasteiger partial charge on any atom is -0.506 e. The van der Waals surface area contributed by atoms with E-state index in [1.165, 1.54) is 13.2 Å². The topological polar surface area (TPSA) is 106 Å². The molecule has 2 aromatic carbocycles. The number of phenolic OH excluding ortho intramolecular Hbond substituents is 1. The van der Waals surface area contributed by atoms with Crippen LogP contribution in [-0.2, 0) is 0 Å². The standard InChI is InChI=1S/C27H25N5O4S/c1-16-14-19(17(2)30(16)21-12-11-18(36-3)15-23(21)32(34)35)26-25(20-8-6-7-13-28-20)29-27(37)31(26)22-9-4-5-10-24(22)33/h4-15,25-26,33H,1-3H3,(H,29,37). The molecule has 0 bridgehead atoms. The van der Waals surface area contributed by atoms with Gasteiger partial charge in [0.1, 0.15) is 17.2 Å². The van der Waals surface area contributed by atoms with Crippen molar-refractivity contribution >= 4 is 28.7 Å². The molecule has 1 saturated heterocycles. The summed E-state index contributed by atoms with van der Waals surface area (Å²) in [7, 11) is 1.48. The summed E-state index contributed by atoms with van der Waals surface area (Å²) in [5.74, 6) is 0.502. The van der Waals surface area contributed by atoms with Gasteiger partial charge in [0.25, 0.3) is 5.69 Å². The van der Waals surface area contributed by atoms with Crippen LogP contribution in [0, 0.1) is 24.0 Å². The SMILES string of the molecule is COc1ccc(-n2c(C)cc(C3C(c4ccccn4)NC(=S)N3c3ccccc3O)c2C)c([N+](=O)[O-])c1. The number of aryl methyl sites for hydroxylation is 1. The predicted molar refractivity (Wildman–Crippen MR) is 144 cm³/mol. The smallest absolute Gasteiger partial charge is 0.296 e. The lowest BCUT2D eigenvalue weighted by molar-refractivity contribution is -0.384. The maximum absolute atomic E-state index is 12.0. The maximum Gasteiger partial charge on any atom is 0.296 e. The first-order chi connectivity index (χ1) is 17.8. The Kier molecular flexibility index (Phi) is 6.26. The molecule has 2 atom stereocenters. The van der Waals surface area contributed by atoms with E-state index >= 15 is 0 Å². The fourth-order valence-electron chi connectivity index (χ4n) is 5.02. The number of nitrogens with zero attached hydrogens (tertiary/aromatic N) is 4. The zero-order valence-electron chi connectivity index (χ0n) is 20.5. The van der Waals surface area contributed by atoms with Crippen molar-refractivity contribution in [3.05, 3.63) is 106 Å². The third-order valence-corrected chi connectivity index (χ3v) is 6.96. The number of nitro benzene ring substituents is 1. The normalized spacial score (nSPS) is 17.1. The summed E-state index contributed by atoms with van der Waals surface area (Å²) >= 11 is 5.76. The van der Waals surface area contributed by atoms with Crippen molar-refractivity contribution in [2.45, 2.75) is 25.9 Å². The number of anilines is 1. The van der Waals surface area contributed by atoms with Gasteiger partial charge in [-0.2, -0.15) is 0 Å². The second-order valence-corrected chi connectivity index (χ2v) is 9.15. The Labute approximate surface area is 219 Å². The van der Waals surface area contributed by atoms with Gasteiger partial charge >= 0.3 is 0 Å². The van der Waals surface area contributed by atoms with Crippen LogP contribution in [0.15, 0.2) is 72.9 Å². The average Bonchev–Trinajstić information content (AvgIpc) is 3.39. The Morgan fingerprint density at radius 1 is 1.08 bits per heavy atom. The maximum atomic E-state index is 12.0. The van der Waals surface area contributed by atoms with E-state index in [0.29, 0.717) is 22.2 Å². The third-order valence-electron chi connectivity index (χ3n) is 6.65. The Hall–Kier alpha value is -4.44. The van der Waals surface area contributed by atoms with Gasteiger partial charge in [-0.15, -0.1) is 0 Å². The van der Waals surface area contributed by atoms with Crippen LogP contribution in [0.1, 0.15) is 34.7 Å². The number of thiocarbonyl (C=S) groups is 1. The molecular weight excluding hydrogens is 490 g/mol. The highest BCUT2D eigenvalue weighted by Crippen LogP contribution is 2.46. The minimum absolute atomic E-state index is 0.0633. The fraction of sp³-hybridized carbons (Fsp3) is 0.185. The lowest BCUT2D eigenvalue weighted by Gasteiger charge is -2.28. The first kappa shape index (κ1) is 24.3. The molecule has 2 N–H and O–H groups in total. The number of nitrogens with one attached hydrogen (secondary N) is 1. The highest BCUT2D eigenvalue weighted by Gasteiger charge is 2.43. The third kappa shape index (κ3) is 4.15. The van der Waals surface area contributed by atoms with Crippen LogP contribution < -0.4 is 15.0 Å². The van der Waals surface area contributed by atoms with Gasteiger partial charge < -0.3 is 24.6 Å². The summed E-state index contributed by atoms with van der Waals surface area (Å²) in [6.07, 6.45) is 1.73. The van der Waals surface area contributed by atoms with Crippen molar-refractivity contribution < 1.29 is 14.8 Å². The van der Waals surface area contributed by atoms with Gasteiger partial charge in [-0.1, -0.05) is 18.2 Å². The summed E-state index contributed by atoms with van der Waals surface area (Å²) in [4.78, 5) is 18.0. The molecule has 0 spiro atoms. The molecule has 3 heterocycles. The Bertz CT molecular complexity index is 1500. The quantitative estimate of drug-likeness (QED) is 0.203. The Morgan fingerprint density at radius 2 is 1.84 bits per heavy atom. The number of aromatic nitrogens is 2. The van der Waals surface area contributed by atoms with Gasteiger partial charge in [-0.05, 0) is 74.1 Å². The molecule has 5 rings (SSSR count). The number of benzene rings is 2. The molecule has 0 radical (unpaired) electrons. The van der Waals surface area contributed by atoms with Gasteiger partial charge in [-0.25, -0.2) is 0 Å². The first-order valence-corrected chi connectivity index (χ1v) is 12.0. The molecule has 37 heavy (non-hydrogen) atoms. The number of nitro groups is 1. The molecule has 1 aliphatic heterocycles. The monoisotopic (exact) mass is 515 g/mol. The number of hydrogen-bond donors (Lipinski definition) is 2. The summed E-state index contributed by atoms with van der Waals surface area (Å²) in [6.45, 7) is 3.83. The summed E-state index contributed by atoms with van der Waals surface area (Å²) in [5, 5.41) is 26.5. The van der Waals surface area contributed by atoms with E-state index in [1.54, 1.807) is 30.5 Å². The number of ether oxygens (including phenoxy) is 1. The second-order valence-electron chi connectivity index (χ2n) is 8.76. The van der Waals surface area contributed by atoms with E-state index in [1.807, 2.05) is 59.7 Å². The first-order valence-electron chi connectivity index (χ1n) is 11.6. The van der Waals surface area contributed by atoms with Crippen molar-refractivity contribution in [1.29, 1.82) is 0 Å². The average molecular weight is 516 g/mol. The van der Waals surface area contributed by atoms with E-state index in [-0.39, 0.29) is 23.5 Å². The largest absolute Gasteiger partial charge is 0.506 e. The van der Waals surface area contributed by atoms with E-state index < -0.39 is 4.92 Å². The fourth-order valence-corrected chi connectivity index (χ4v) is 5.36. The van der Waals surface area contributed by atoms with E-state index in [4.69, 9.17) is 17.0 Å². The number of aromatic hydroxyl groups is 1. The van der Waals surface area contributed by atoms with Crippen LogP contribution in [-0.4, -0.2) is 31.8 Å². The minimum atomic E-state index is -0.409. The number of methoxy groups -OCH3 is 1. The van der Waals surface area contributed by atoms with Crippen LogP contribution >= 0.6 is 12.2 Å². The number of rotatable bonds is 6. The predicted octanol–water partition coefficient (Wildman–Crippen LogP) is 5.29. The van der Waals surface area contributed by atoms with Crippen molar-refractivity contribution in [2.24, 2.45) is 0 Å². The number of pyridine rings is 1. The molecule has 2 aromatic heterocycles. The lowest BCUT2D eigenvalue weighted by atomic mass is 9.96. The highest BCUT2D eigenvalue weighted by molar-refractivity contribution is 7.80. The molecule has 0 saturated carbocycles. The molecule has 0 amide bonds. The second kappa shape index (κ2) is 9.55. The van der Waals surface area contributed by atoms with E-state index in [0.717, 1.165) is 22.6 Å². The Morgan fingerprint density at radius 3 is 2.51 bits per heavy atom. The highest BCUT2D eigenvalue weighted by atomic mass is 32.1. The number of phenols is 1. The molecule has 10 heteroatoms. The molecule has 9 nitrogen and oxygen atoms in total. The molecule has 1 fully saturated rings. The van der Waals surface area contributed by atoms with Crippen LogP contribution in [0.5, 0.6) is 11.5 Å². The molecule has 1 aliphatic rings. The van der Waals surface area contributed by atoms with Crippen LogP contribution in [0.25, 0.3) is 5.69 Å². The van der Waals surface area contributed by atoms with Crippen molar-refractivity contribution in [3.8, 4) is 17.2 Å². The van der Waals surface area contributed by atoms with Gasteiger partial charge in [0, 0.05) is 17.6 Å². The van der Waals surface area contributed by atoms with Crippen LogP contribution in [0.4, 0.5) is 11.4 Å². The lowest BCUT2D eigenvalue weighted by Crippen LogP contribution is -2.29. The van der Waals surface area contributed by atoms with Crippen molar-refractivity contribution in [1.82, 2.24) is 14.9 Å². The van der Waals surface area contributed by atoms with Crippen molar-refractivity contribution in [3.63, 3.8) is 0 Å². The van der Waals surface area contributed by atoms with Gasteiger partial charge in [0.15, 0.2) is 5.11 Å². The molecule has 188 valence electrons. The molecule has 2 unspecified atom stereocenters. The van der Waals surface area contributed by atoms with Crippen LogP contribution in [0.3, 0.4) is 0 Å². The summed E-state index contributed by atoms with van der Waals surface area (Å²) in [6, 6.07) is 18.8. The van der Waals surface area contributed by atoms with Gasteiger partial charge in [-0.3, -0.25) is 15.1 Å². The van der Waals surface area contributed by atoms with E-state index in [2.05, 4.69) is 10.3 Å². The number of hydrogen-bond acceptors (Lipinski definition) is 6. The van der Waals surface area contributed by atoms with E-state index in [9.17, 15) is 15.2 Å². The van der Waals surface area contributed by atoms with Gasteiger partial charge in [0.05, 0.1) is 41.6 Å². The van der Waals surface area contributed by atoms with Crippen molar-refractivity contribution in [2.75, 3.05) is 12.0 Å². The molecule has 4 aromatic rings. The van der Waals surface area contributed by atoms with Crippen LogP contribution in [0.2, 0.25) is 0 Å². The van der Waals surface area contributed by atoms with Gasteiger partial charge in [0.2, 0.25) is 0 Å². The summed E-state index contributed by atoms with van der Waals surface area (Å²) in [5.41, 5.74) is 4.24. The molecular formula is C27H25N5O4S. The zero-order chi connectivity index (χ0) is 26.3. The number of para-hydroxylation sites is 2. The zero-order valence-corrected chi connectivity index (χ0v) is 21.3. The molecule has 0 aliphatic carbocycles.